The van der Waals surface area contributed by atoms with Crippen LogP contribution in [-0.4, -0.2) is 24.9 Å². The zero-order valence-electron chi connectivity index (χ0n) is 33.9. The Hall–Kier alpha value is -7.57. The van der Waals surface area contributed by atoms with Gasteiger partial charge in [-0.15, -0.1) is 0 Å². The molecule has 1 fully saturated rings. The van der Waals surface area contributed by atoms with Crippen LogP contribution in [0.3, 0.4) is 0 Å². The predicted molar refractivity (Wildman–Crippen MR) is 248 cm³/mol. The molecule has 0 aliphatic heterocycles. The predicted octanol–water partition coefficient (Wildman–Crippen LogP) is 13.7. The molecule has 294 valence electrons. The van der Waals surface area contributed by atoms with Crippen molar-refractivity contribution in [1.29, 1.82) is 0 Å². The van der Waals surface area contributed by atoms with Gasteiger partial charge in [-0.25, -0.2) is 24.9 Å². The average Bonchev–Trinajstić information content (AvgIpc) is 3.98. The van der Waals surface area contributed by atoms with Gasteiger partial charge >= 0.3 is 0 Å². The number of aromatic nitrogens is 5. The summed E-state index contributed by atoms with van der Waals surface area (Å²) in [5.74, 6) is 2.95. The first-order chi connectivity index (χ1) is 30.7. The highest BCUT2D eigenvalue weighted by molar-refractivity contribution is 6.09. The van der Waals surface area contributed by atoms with Gasteiger partial charge in [0, 0.05) is 49.9 Å². The smallest absolute Gasteiger partial charge is 0.167 e. The third-order valence-corrected chi connectivity index (χ3v) is 13.5. The van der Waals surface area contributed by atoms with E-state index in [0.29, 0.717) is 29.2 Å². The van der Waals surface area contributed by atoms with Crippen molar-refractivity contribution in [3.05, 3.63) is 192 Å². The standard InChI is InChI=1S/C56H39N5O/c1-4-13-35(14-5-1)52-57-47(33-48(58-52)39-26-28-46-45(32-39)41-27-25-38-31-44(38)50(41)56(46)29-10-3-11-30-56)34-21-23-37(24-22-34)54-59-53(36-15-6-2-7-16-36)60-55(61-54)43-19-12-18-42-40-17-8-9-20-49(40)62-51(42)43/h1-2,4-9,12-28,31-33,44H,3,10-11,29-30H2. The molecule has 3 aromatic heterocycles. The minimum atomic E-state index is 0.158. The molecule has 6 nitrogen and oxygen atoms in total. The SMILES string of the molecule is C1=CC2=C(C3C=C13)C1(CCCCC1)c1ccc(-c3cc(-c4ccc(-c5nc(-c6ccccc6)nc(-c6cccc7c6oc6ccccc67)n5)cc4)nc(-c4ccccc4)n3)cc12. The normalized spacial score (nSPS) is 17.0. The lowest BCUT2D eigenvalue weighted by atomic mass is 9.65. The summed E-state index contributed by atoms with van der Waals surface area (Å²) >= 11 is 0. The molecule has 6 aromatic carbocycles. The quantitative estimate of drug-likeness (QED) is 0.167. The van der Waals surface area contributed by atoms with E-state index in [0.717, 1.165) is 66.7 Å². The number of furan rings is 1. The first kappa shape index (κ1) is 35.2. The number of para-hydroxylation sites is 2. The van der Waals surface area contributed by atoms with Crippen LogP contribution in [0.15, 0.2) is 185 Å². The maximum Gasteiger partial charge on any atom is 0.167 e. The lowest BCUT2D eigenvalue weighted by Gasteiger charge is -2.38. The molecular weight excluding hydrogens is 759 g/mol. The lowest BCUT2D eigenvalue weighted by Crippen LogP contribution is -2.31. The maximum atomic E-state index is 6.43. The van der Waals surface area contributed by atoms with E-state index in [2.05, 4.69) is 91.0 Å². The van der Waals surface area contributed by atoms with E-state index in [9.17, 15) is 0 Å². The van der Waals surface area contributed by atoms with Crippen molar-refractivity contribution in [2.75, 3.05) is 0 Å². The molecule has 1 saturated carbocycles. The Labute approximate surface area is 359 Å². The second kappa shape index (κ2) is 13.7. The molecule has 13 rings (SSSR count). The van der Waals surface area contributed by atoms with Crippen LogP contribution >= 0.6 is 0 Å². The van der Waals surface area contributed by atoms with Crippen LogP contribution in [0, 0.1) is 5.92 Å². The monoisotopic (exact) mass is 797 g/mol. The number of nitrogens with zero attached hydrogens (tertiary/aromatic N) is 5. The number of allylic oxidation sites excluding steroid dienone is 6. The molecule has 1 atom stereocenters. The van der Waals surface area contributed by atoms with E-state index in [1.54, 1.807) is 5.57 Å². The summed E-state index contributed by atoms with van der Waals surface area (Å²) in [6.07, 6.45) is 13.6. The van der Waals surface area contributed by atoms with Gasteiger partial charge in [-0.1, -0.05) is 165 Å². The minimum Gasteiger partial charge on any atom is -0.455 e. The highest BCUT2D eigenvalue weighted by Gasteiger charge is 2.51. The molecule has 0 radical (unpaired) electrons. The van der Waals surface area contributed by atoms with Gasteiger partial charge in [0.05, 0.1) is 17.0 Å². The summed E-state index contributed by atoms with van der Waals surface area (Å²) in [6, 6.07) is 52.3. The van der Waals surface area contributed by atoms with Gasteiger partial charge in [0.25, 0.3) is 0 Å². The van der Waals surface area contributed by atoms with Crippen LogP contribution in [0.25, 0.3) is 95.6 Å². The van der Waals surface area contributed by atoms with Crippen LogP contribution in [0.5, 0.6) is 0 Å². The summed E-state index contributed by atoms with van der Waals surface area (Å²) in [5.41, 5.74) is 16.7. The largest absolute Gasteiger partial charge is 0.455 e. The third-order valence-electron chi connectivity index (χ3n) is 13.5. The van der Waals surface area contributed by atoms with E-state index in [4.69, 9.17) is 29.3 Å². The number of rotatable bonds is 6. The summed E-state index contributed by atoms with van der Waals surface area (Å²) < 4.78 is 6.43. The molecule has 0 amide bonds. The Kier molecular flexibility index (Phi) is 7.80. The number of hydrogen-bond acceptors (Lipinski definition) is 6. The maximum absolute atomic E-state index is 6.43. The van der Waals surface area contributed by atoms with Crippen LogP contribution in [-0.2, 0) is 5.41 Å². The highest BCUT2D eigenvalue weighted by Crippen LogP contribution is 2.62. The average molecular weight is 798 g/mol. The fraction of sp³-hybridized carbons (Fsp3) is 0.125. The van der Waals surface area contributed by atoms with Gasteiger partial charge in [-0.3, -0.25) is 0 Å². The van der Waals surface area contributed by atoms with Crippen molar-refractivity contribution < 1.29 is 4.42 Å². The molecular formula is C56H39N5O. The molecule has 4 aliphatic rings. The number of fused-ring (bicyclic) bond motifs is 9. The van der Waals surface area contributed by atoms with Crippen molar-refractivity contribution in [2.45, 2.75) is 37.5 Å². The van der Waals surface area contributed by atoms with Gasteiger partial charge in [-0.2, -0.15) is 0 Å². The lowest BCUT2D eigenvalue weighted by molar-refractivity contribution is 0.337. The van der Waals surface area contributed by atoms with E-state index < -0.39 is 0 Å². The summed E-state index contributed by atoms with van der Waals surface area (Å²) in [5, 5.41) is 2.09. The van der Waals surface area contributed by atoms with Crippen LogP contribution in [0.2, 0.25) is 0 Å². The van der Waals surface area contributed by atoms with Gasteiger partial charge in [0.2, 0.25) is 0 Å². The van der Waals surface area contributed by atoms with E-state index in [1.165, 1.54) is 54.4 Å². The van der Waals surface area contributed by atoms with E-state index >= 15 is 0 Å². The van der Waals surface area contributed by atoms with E-state index in [1.807, 2.05) is 78.9 Å². The van der Waals surface area contributed by atoms with Gasteiger partial charge in [0.15, 0.2) is 23.3 Å². The van der Waals surface area contributed by atoms with Crippen molar-refractivity contribution in [3.8, 4) is 68.1 Å². The second-order valence-electron chi connectivity index (χ2n) is 17.1. The van der Waals surface area contributed by atoms with Gasteiger partial charge < -0.3 is 4.42 Å². The summed E-state index contributed by atoms with van der Waals surface area (Å²) in [6.45, 7) is 0. The summed E-state index contributed by atoms with van der Waals surface area (Å²) in [4.78, 5) is 25.6. The Balaban J connectivity index is 0.913. The Morgan fingerprint density at radius 1 is 0.468 bits per heavy atom. The fourth-order valence-corrected chi connectivity index (χ4v) is 10.5. The minimum absolute atomic E-state index is 0.158. The fourth-order valence-electron chi connectivity index (χ4n) is 10.5. The molecule has 3 heterocycles. The zero-order chi connectivity index (χ0) is 40.8. The van der Waals surface area contributed by atoms with E-state index in [-0.39, 0.29) is 5.41 Å². The number of benzene rings is 6. The zero-order valence-corrected chi connectivity index (χ0v) is 33.9. The van der Waals surface area contributed by atoms with Crippen molar-refractivity contribution in [3.63, 3.8) is 0 Å². The highest BCUT2D eigenvalue weighted by atomic mass is 16.3. The molecule has 0 N–H and O–H groups in total. The third kappa shape index (κ3) is 5.60. The second-order valence-corrected chi connectivity index (χ2v) is 17.1. The summed E-state index contributed by atoms with van der Waals surface area (Å²) in [7, 11) is 0. The molecule has 0 saturated heterocycles. The Morgan fingerprint density at radius 2 is 1.08 bits per heavy atom. The molecule has 6 heteroatoms. The Bertz CT molecular complexity index is 3370. The van der Waals surface area contributed by atoms with Crippen LogP contribution in [0.1, 0.15) is 43.2 Å². The van der Waals surface area contributed by atoms with Crippen molar-refractivity contribution >= 4 is 27.5 Å². The number of hydrogen-bond donors (Lipinski definition) is 0. The molecule has 0 bridgehead atoms. The van der Waals surface area contributed by atoms with Crippen LogP contribution < -0.4 is 0 Å². The molecule has 62 heavy (non-hydrogen) atoms. The first-order valence-corrected chi connectivity index (χ1v) is 21.7. The van der Waals surface area contributed by atoms with Gasteiger partial charge in [-0.05, 0) is 65.0 Å². The molecule has 1 spiro atoms. The molecule has 9 aromatic rings. The first-order valence-electron chi connectivity index (χ1n) is 21.7. The van der Waals surface area contributed by atoms with Crippen molar-refractivity contribution in [2.24, 2.45) is 5.92 Å². The topological polar surface area (TPSA) is 77.6 Å². The van der Waals surface area contributed by atoms with Crippen LogP contribution in [0.4, 0.5) is 0 Å². The van der Waals surface area contributed by atoms with Crippen molar-refractivity contribution in [1.82, 2.24) is 24.9 Å². The molecule has 4 aliphatic carbocycles. The van der Waals surface area contributed by atoms with Gasteiger partial charge in [0.1, 0.15) is 11.2 Å². The Morgan fingerprint density at radius 3 is 1.84 bits per heavy atom. The molecule has 1 unspecified atom stereocenters.